The van der Waals surface area contributed by atoms with Gasteiger partial charge in [-0.15, -0.1) is 0 Å². The van der Waals surface area contributed by atoms with Gasteiger partial charge in [-0.25, -0.2) is 12.8 Å². The topological polar surface area (TPSA) is 63.4 Å². The Balaban J connectivity index is 2.25. The minimum absolute atomic E-state index is 0.155. The first-order valence-electron chi connectivity index (χ1n) is 6.73. The molecule has 7 heteroatoms. The maximum atomic E-state index is 13.1. The van der Waals surface area contributed by atoms with Crippen LogP contribution in [0.15, 0.2) is 23.1 Å². The number of rotatable bonds is 3. The third-order valence-corrected chi connectivity index (χ3v) is 6.73. The van der Waals surface area contributed by atoms with Crippen LogP contribution in [0, 0.1) is 18.2 Å². The number of thiocarbonyl (C=S) groups is 1. The van der Waals surface area contributed by atoms with Crippen molar-refractivity contribution in [3.8, 4) is 0 Å². The molecule has 1 aromatic rings. The molecule has 0 saturated carbocycles. The fourth-order valence-electron chi connectivity index (χ4n) is 2.51. The molecule has 0 spiro atoms. The van der Waals surface area contributed by atoms with Gasteiger partial charge in [-0.3, -0.25) is 0 Å². The number of aryl methyl sites for hydroxylation is 1. The van der Waals surface area contributed by atoms with E-state index in [4.69, 9.17) is 18.0 Å². The second-order valence-electron chi connectivity index (χ2n) is 5.74. The molecule has 1 heterocycles. The Hall–Kier alpha value is -1.05. The van der Waals surface area contributed by atoms with Crippen LogP contribution in [0.1, 0.15) is 25.3 Å². The van der Waals surface area contributed by atoms with Crippen LogP contribution < -0.4 is 5.73 Å². The van der Waals surface area contributed by atoms with Crippen molar-refractivity contribution in [3.63, 3.8) is 0 Å². The van der Waals surface area contributed by atoms with E-state index < -0.39 is 15.8 Å². The first-order valence-corrected chi connectivity index (χ1v) is 8.58. The molecule has 1 aliphatic rings. The smallest absolute Gasteiger partial charge is 0.243 e. The largest absolute Gasteiger partial charge is 0.393 e. The van der Waals surface area contributed by atoms with Crippen LogP contribution in [0.25, 0.3) is 0 Å². The van der Waals surface area contributed by atoms with Crippen LogP contribution >= 0.6 is 12.2 Å². The number of nitrogens with zero attached hydrogens (tertiary/aromatic N) is 1. The summed E-state index contributed by atoms with van der Waals surface area (Å²) in [6.45, 7) is 4.29. The molecule has 4 nitrogen and oxygen atoms in total. The van der Waals surface area contributed by atoms with Crippen LogP contribution in [0.5, 0.6) is 0 Å². The summed E-state index contributed by atoms with van der Waals surface area (Å²) in [6.07, 6.45) is 1.20. The van der Waals surface area contributed by atoms with Crippen LogP contribution in [0.2, 0.25) is 0 Å². The summed E-state index contributed by atoms with van der Waals surface area (Å²) in [6, 6.07) is 3.72. The van der Waals surface area contributed by atoms with Crippen LogP contribution in [-0.4, -0.2) is 30.8 Å². The Morgan fingerprint density at radius 1 is 1.38 bits per heavy atom. The molecule has 21 heavy (non-hydrogen) atoms. The Bertz CT molecular complexity index is 666. The number of hydrogen-bond donors (Lipinski definition) is 1. The van der Waals surface area contributed by atoms with Crippen LogP contribution in [0.4, 0.5) is 4.39 Å². The van der Waals surface area contributed by atoms with Crippen molar-refractivity contribution >= 4 is 27.2 Å². The quantitative estimate of drug-likeness (QED) is 0.863. The van der Waals surface area contributed by atoms with Gasteiger partial charge < -0.3 is 5.73 Å². The molecule has 0 bridgehead atoms. The molecule has 0 aromatic heterocycles. The lowest BCUT2D eigenvalue weighted by atomic mass is 9.81. The molecule has 1 saturated heterocycles. The van der Waals surface area contributed by atoms with Crippen molar-refractivity contribution in [2.24, 2.45) is 11.1 Å². The molecule has 2 rings (SSSR count). The number of sulfonamides is 1. The van der Waals surface area contributed by atoms with Gasteiger partial charge in [0.15, 0.2) is 0 Å². The molecule has 0 unspecified atom stereocenters. The van der Waals surface area contributed by atoms with E-state index in [0.29, 0.717) is 36.5 Å². The zero-order chi connectivity index (χ0) is 15.8. The summed E-state index contributed by atoms with van der Waals surface area (Å²) in [5, 5.41) is 0. The molecule has 1 aliphatic heterocycles. The Morgan fingerprint density at radius 3 is 2.43 bits per heavy atom. The second kappa shape index (κ2) is 5.62. The zero-order valence-electron chi connectivity index (χ0n) is 12.1. The molecular formula is C14H19FN2O2S2. The highest BCUT2D eigenvalue weighted by atomic mass is 32.2. The normalized spacial score (nSPS) is 19.4. The predicted octanol–water partition coefficient (Wildman–Crippen LogP) is 2.21. The number of nitrogens with two attached hydrogens (primary N) is 1. The summed E-state index contributed by atoms with van der Waals surface area (Å²) in [5.41, 5.74) is 5.85. The minimum atomic E-state index is -3.60. The van der Waals surface area contributed by atoms with Crippen LogP contribution in [0.3, 0.4) is 0 Å². The molecule has 0 aliphatic carbocycles. The summed E-state index contributed by atoms with van der Waals surface area (Å²) in [5.74, 6) is -0.439. The lowest BCUT2D eigenvalue weighted by Crippen LogP contribution is -2.46. The fraction of sp³-hybridized carbons (Fsp3) is 0.500. The van der Waals surface area contributed by atoms with Gasteiger partial charge in [0.05, 0.1) is 9.88 Å². The lowest BCUT2D eigenvalue weighted by molar-refractivity contribution is 0.244. The van der Waals surface area contributed by atoms with E-state index in [-0.39, 0.29) is 10.3 Å². The second-order valence-corrected chi connectivity index (χ2v) is 8.08. The highest BCUT2D eigenvalue weighted by Gasteiger charge is 2.37. The maximum absolute atomic E-state index is 13.1. The number of hydrogen-bond acceptors (Lipinski definition) is 3. The highest BCUT2D eigenvalue weighted by molar-refractivity contribution is 7.89. The Labute approximate surface area is 130 Å². The van der Waals surface area contributed by atoms with Gasteiger partial charge in [-0.05, 0) is 43.5 Å². The molecular weight excluding hydrogens is 311 g/mol. The fourth-order valence-corrected chi connectivity index (χ4v) is 4.36. The average molecular weight is 330 g/mol. The summed E-state index contributed by atoms with van der Waals surface area (Å²) in [4.78, 5) is 0.584. The van der Waals surface area contributed by atoms with Gasteiger partial charge in [0, 0.05) is 18.5 Å². The van der Waals surface area contributed by atoms with Crippen molar-refractivity contribution in [2.45, 2.75) is 31.6 Å². The molecule has 1 fully saturated rings. The monoisotopic (exact) mass is 330 g/mol. The number of piperidine rings is 1. The van der Waals surface area contributed by atoms with Crippen molar-refractivity contribution < 1.29 is 12.8 Å². The van der Waals surface area contributed by atoms with E-state index in [1.807, 2.05) is 6.92 Å². The summed E-state index contributed by atoms with van der Waals surface area (Å²) >= 11 is 5.06. The molecule has 1 aromatic carbocycles. The van der Waals surface area contributed by atoms with E-state index in [0.717, 1.165) is 0 Å². The van der Waals surface area contributed by atoms with Gasteiger partial charge >= 0.3 is 0 Å². The minimum Gasteiger partial charge on any atom is -0.393 e. The molecule has 0 atom stereocenters. The zero-order valence-corrected chi connectivity index (χ0v) is 13.7. The van der Waals surface area contributed by atoms with Crippen molar-refractivity contribution in [3.05, 3.63) is 29.6 Å². The predicted molar refractivity (Wildman–Crippen MR) is 84.0 cm³/mol. The molecule has 0 radical (unpaired) electrons. The van der Waals surface area contributed by atoms with Gasteiger partial charge in [0.2, 0.25) is 10.0 Å². The van der Waals surface area contributed by atoms with Gasteiger partial charge in [-0.1, -0.05) is 19.1 Å². The Morgan fingerprint density at radius 2 is 1.95 bits per heavy atom. The first kappa shape index (κ1) is 16.3. The van der Waals surface area contributed by atoms with Crippen LogP contribution in [-0.2, 0) is 10.0 Å². The van der Waals surface area contributed by atoms with E-state index in [9.17, 15) is 12.8 Å². The van der Waals surface area contributed by atoms with Crippen molar-refractivity contribution in [1.82, 2.24) is 4.31 Å². The summed E-state index contributed by atoms with van der Waals surface area (Å²) < 4.78 is 39.8. The maximum Gasteiger partial charge on any atom is 0.243 e. The summed E-state index contributed by atoms with van der Waals surface area (Å²) in [7, 11) is -3.60. The molecule has 2 N–H and O–H groups in total. The van der Waals surface area contributed by atoms with Gasteiger partial charge in [0.1, 0.15) is 5.82 Å². The first-order chi connectivity index (χ1) is 9.67. The molecule has 0 amide bonds. The highest BCUT2D eigenvalue weighted by Crippen LogP contribution is 2.34. The lowest BCUT2D eigenvalue weighted by Gasteiger charge is -2.38. The molecule has 116 valence electrons. The third kappa shape index (κ3) is 3.09. The van der Waals surface area contributed by atoms with E-state index in [2.05, 4.69) is 0 Å². The van der Waals surface area contributed by atoms with Gasteiger partial charge in [-0.2, -0.15) is 4.31 Å². The van der Waals surface area contributed by atoms with Gasteiger partial charge in [0.25, 0.3) is 0 Å². The SMILES string of the molecule is Cc1cc(F)ccc1S(=O)(=O)N1CCC(C)(C(N)=S)CC1. The van der Waals surface area contributed by atoms with E-state index >= 15 is 0 Å². The Kier molecular flexibility index (Phi) is 4.37. The van der Waals surface area contributed by atoms with Crippen molar-refractivity contribution in [1.29, 1.82) is 0 Å². The van der Waals surface area contributed by atoms with E-state index in [1.165, 1.54) is 22.5 Å². The average Bonchev–Trinajstić information content (AvgIpc) is 2.38. The number of benzene rings is 1. The standard InChI is InChI=1S/C14H19FN2O2S2/c1-10-9-11(15)3-4-12(10)21(18,19)17-7-5-14(2,6-8-17)13(16)20/h3-4,9H,5-8H2,1-2H3,(H2,16,20). The van der Waals surface area contributed by atoms with Crippen molar-refractivity contribution in [2.75, 3.05) is 13.1 Å². The third-order valence-electron chi connectivity index (χ3n) is 4.18. The number of halogens is 1. The van der Waals surface area contributed by atoms with E-state index in [1.54, 1.807) is 6.92 Å².